The third kappa shape index (κ3) is 5.44. The van der Waals surface area contributed by atoms with Crippen molar-refractivity contribution in [2.24, 2.45) is 7.05 Å². The van der Waals surface area contributed by atoms with E-state index in [4.69, 9.17) is 4.74 Å². The van der Waals surface area contributed by atoms with Crippen LogP contribution < -0.4 is 15.4 Å². The Kier molecular flexibility index (Phi) is 7.17. The number of sulfone groups is 1. The number of amides is 2. The average molecular weight is 526 g/mol. The number of ketones is 1. The summed E-state index contributed by atoms with van der Waals surface area (Å²) >= 11 is 1.03. The Morgan fingerprint density at radius 2 is 1.86 bits per heavy atom. The standard InChI is InChI=1S/C24H23N5O5S2/c1-15-8-9-19(18(12-15)21(30)17-6-4-5-7-20(17)34-3)27-22(31)28-23-26-13-16(35-23)14-36(32,33)24-25-10-11-29(24)2/h4-13H,14H2,1-3H3,(H2,26,27,28,31). The number of hydrogen-bond acceptors (Lipinski definition) is 8. The Bertz CT molecular complexity index is 1540. The molecule has 0 aliphatic rings. The maximum Gasteiger partial charge on any atom is 0.325 e. The fraction of sp³-hybridized carbons (Fsp3) is 0.167. The number of hydrogen-bond donors (Lipinski definition) is 2. The minimum absolute atomic E-state index is 0.0465. The summed E-state index contributed by atoms with van der Waals surface area (Å²) in [4.78, 5) is 34.4. The van der Waals surface area contributed by atoms with E-state index in [-0.39, 0.29) is 21.8 Å². The number of thiazole rings is 1. The molecule has 0 saturated carbocycles. The van der Waals surface area contributed by atoms with E-state index in [2.05, 4.69) is 20.6 Å². The van der Waals surface area contributed by atoms with Gasteiger partial charge < -0.3 is 14.6 Å². The fourth-order valence-corrected chi connectivity index (χ4v) is 6.12. The molecule has 2 amide bonds. The number of ether oxygens (including phenoxy) is 1. The van der Waals surface area contributed by atoms with Gasteiger partial charge in [-0.05, 0) is 31.2 Å². The first-order valence-electron chi connectivity index (χ1n) is 10.7. The molecule has 2 aromatic heterocycles. The van der Waals surface area contributed by atoms with E-state index < -0.39 is 15.9 Å². The molecule has 0 spiro atoms. The quantitative estimate of drug-likeness (QED) is 0.332. The molecule has 2 aromatic carbocycles. The van der Waals surface area contributed by atoms with Gasteiger partial charge in [0, 0.05) is 36.1 Å². The second kappa shape index (κ2) is 10.3. The van der Waals surface area contributed by atoms with Crippen LogP contribution in [0.4, 0.5) is 15.6 Å². The number of anilines is 2. The Morgan fingerprint density at radius 3 is 2.58 bits per heavy atom. The SMILES string of the molecule is COc1ccccc1C(=O)c1cc(C)ccc1NC(=O)Nc1ncc(CS(=O)(=O)c2nccn2C)s1. The van der Waals surface area contributed by atoms with E-state index in [1.165, 1.54) is 24.1 Å². The van der Waals surface area contributed by atoms with Crippen LogP contribution in [0.25, 0.3) is 0 Å². The summed E-state index contributed by atoms with van der Waals surface area (Å²) in [6.07, 6.45) is 4.35. The number of nitrogens with zero attached hydrogens (tertiary/aromatic N) is 3. The first-order valence-corrected chi connectivity index (χ1v) is 13.2. The van der Waals surface area contributed by atoms with Gasteiger partial charge in [0.25, 0.3) is 0 Å². The van der Waals surface area contributed by atoms with Crippen molar-refractivity contribution in [2.75, 3.05) is 17.7 Å². The van der Waals surface area contributed by atoms with Crippen molar-refractivity contribution >= 4 is 43.8 Å². The fourth-order valence-electron chi connectivity index (χ4n) is 3.52. The number of carbonyl (C=O) groups is 2. The van der Waals surface area contributed by atoms with Gasteiger partial charge in [0.05, 0.1) is 24.1 Å². The number of aromatic nitrogens is 3. The predicted molar refractivity (Wildman–Crippen MR) is 136 cm³/mol. The number of para-hydroxylation sites is 1. The van der Waals surface area contributed by atoms with E-state index >= 15 is 0 Å². The van der Waals surface area contributed by atoms with Gasteiger partial charge in [0.15, 0.2) is 10.9 Å². The van der Waals surface area contributed by atoms with Gasteiger partial charge in [-0.25, -0.2) is 23.2 Å². The monoisotopic (exact) mass is 525 g/mol. The minimum atomic E-state index is -3.67. The average Bonchev–Trinajstić information content (AvgIpc) is 3.48. The highest BCUT2D eigenvalue weighted by molar-refractivity contribution is 7.90. The van der Waals surface area contributed by atoms with Crippen LogP contribution in [0.2, 0.25) is 0 Å². The predicted octanol–water partition coefficient (Wildman–Crippen LogP) is 4.04. The number of methoxy groups -OCH3 is 1. The number of benzene rings is 2. The minimum Gasteiger partial charge on any atom is -0.496 e. The van der Waals surface area contributed by atoms with E-state index in [0.29, 0.717) is 27.4 Å². The molecule has 0 saturated heterocycles. The molecule has 0 fully saturated rings. The molecule has 0 unspecified atom stereocenters. The third-order valence-electron chi connectivity index (χ3n) is 5.18. The zero-order valence-electron chi connectivity index (χ0n) is 19.7. The van der Waals surface area contributed by atoms with Crippen LogP contribution in [-0.4, -0.2) is 41.9 Å². The highest BCUT2D eigenvalue weighted by Crippen LogP contribution is 2.27. The molecule has 0 radical (unpaired) electrons. The van der Waals surface area contributed by atoms with Gasteiger partial charge >= 0.3 is 6.03 Å². The summed E-state index contributed by atoms with van der Waals surface area (Å²) in [5.74, 6) is -0.174. The molecule has 2 N–H and O–H groups in total. The Hall–Kier alpha value is -4.03. The molecule has 2 heterocycles. The summed E-state index contributed by atoms with van der Waals surface area (Å²) in [6.45, 7) is 1.85. The maximum absolute atomic E-state index is 13.3. The Morgan fingerprint density at radius 1 is 1.08 bits per heavy atom. The van der Waals surface area contributed by atoms with Gasteiger partial charge in [0.1, 0.15) is 5.75 Å². The molecule has 4 rings (SSSR count). The number of aryl methyl sites for hydroxylation is 2. The van der Waals surface area contributed by atoms with E-state index in [1.807, 2.05) is 6.92 Å². The van der Waals surface area contributed by atoms with Crippen molar-refractivity contribution in [3.63, 3.8) is 0 Å². The Balaban J connectivity index is 1.49. The van der Waals surface area contributed by atoms with Crippen LogP contribution in [0.3, 0.4) is 0 Å². The van der Waals surface area contributed by atoms with Crippen LogP contribution in [0.1, 0.15) is 26.4 Å². The van der Waals surface area contributed by atoms with Gasteiger partial charge in [0.2, 0.25) is 15.0 Å². The highest BCUT2D eigenvalue weighted by Gasteiger charge is 2.22. The number of nitrogens with one attached hydrogen (secondary N) is 2. The zero-order chi connectivity index (χ0) is 25.9. The molecule has 186 valence electrons. The van der Waals surface area contributed by atoms with E-state index in [0.717, 1.165) is 16.9 Å². The molecule has 4 aromatic rings. The lowest BCUT2D eigenvalue weighted by atomic mass is 9.99. The molecule has 0 aliphatic carbocycles. The second-order valence-electron chi connectivity index (χ2n) is 7.87. The van der Waals surface area contributed by atoms with Crippen LogP contribution in [0, 0.1) is 6.92 Å². The van der Waals surface area contributed by atoms with Crippen molar-refractivity contribution in [1.82, 2.24) is 14.5 Å². The summed E-state index contributed by atoms with van der Waals surface area (Å²) in [5, 5.41) is 5.44. The van der Waals surface area contributed by atoms with Crippen molar-refractivity contribution in [2.45, 2.75) is 17.8 Å². The molecule has 12 heteroatoms. The number of imidazole rings is 1. The maximum atomic E-state index is 13.3. The van der Waals surface area contributed by atoms with Crippen molar-refractivity contribution in [3.8, 4) is 5.75 Å². The molecule has 0 bridgehead atoms. The summed E-state index contributed by atoms with van der Waals surface area (Å²) in [5.41, 5.74) is 1.82. The van der Waals surface area contributed by atoms with E-state index in [9.17, 15) is 18.0 Å². The van der Waals surface area contributed by atoms with Gasteiger partial charge in [-0.2, -0.15) is 0 Å². The summed E-state index contributed by atoms with van der Waals surface area (Å²) < 4.78 is 31.9. The molecule has 10 nitrogen and oxygen atoms in total. The second-order valence-corrected chi connectivity index (χ2v) is 10.9. The summed E-state index contributed by atoms with van der Waals surface area (Å²) in [6, 6.07) is 11.3. The van der Waals surface area contributed by atoms with Crippen LogP contribution in [0.15, 0.2) is 66.2 Å². The van der Waals surface area contributed by atoms with Gasteiger partial charge in [-0.3, -0.25) is 10.1 Å². The van der Waals surface area contributed by atoms with Crippen molar-refractivity contribution in [3.05, 3.63) is 82.6 Å². The lowest BCUT2D eigenvalue weighted by Crippen LogP contribution is -2.21. The molecular formula is C24H23N5O5S2. The van der Waals surface area contributed by atoms with Crippen LogP contribution in [-0.2, 0) is 22.6 Å². The lowest BCUT2D eigenvalue weighted by Gasteiger charge is -2.13. The number of urea groups is 1. The van der Waals surface area contributed by atoms with Crippen molar-refractivity contribution in [1.29, 1.82) is 0 Å². The third-order valence-corrected chi connectivity index (χ3v) is 7.92. The topological polar surface area (TPSA) is 132 Å². The van der Waals surface area contributed by atoms with Gasteiger partial charge in [-0.1, -0.05) is 23.8 Å². The highest BCUT2D eigenvalue weighted by atomic mass is 32.2. The number of rotatable bonds is 8. The Labute approximate surface area is 211 Å². The molecular weight excluding hydrogens is 502 g/mol. The largest absolute Gasteiger partial charge is 0.496 e. The van der Waals surface area contributed by atoms with Gasteiger partial charge in [-0.15, -0.1) is 11.3 Å². The summed E-state index contributed by atoms with van der Waals surface area (Å²) in [7, 11) is -0.586. The van der Waals surface area contributed by atoms with Crippen LogP contribution in [0.5, 0.6) is 5.75 Å². The van der Waals surface area contributed by atoms with E-state index in [1.54, 1.807) is 55.7 Å². The zero-order valence-corrected chi connectivity index (χ0v) is 21.3. The lowest BCUT2D eigenvalue weighted by molar-refractivity contribution is 0.103. The van der Waals surface area contributed by atoms with Crippen LogP contribution >= 0.6 is 11.3 Å². The molecule has 0 aliphatic heterocycles. The smallest absolute Gasteiger partial charge is 0.325 e. The number of carbonyl (C=O) groups excluding carboxylic acids is 2. The first kappa shape index (κ1) is 25.1. The molecule has 0 atom stereocenters. The normalized spacial score (nSPS) is 11.2. The van der Waals surface area contributed by atoms with Crippen molar-refractivity contribution < 1.29 is 22.7 Å². The first-order chi connectivity index (χ1) is 17.2. The molecule has 36 heavy (non-hydrogen) atoms.